The summed E-state index contributed by atoms with van der Waals surface area (Å²) in [7, 11) is 0. The average molecular weight is 193 g/mol. The van der Waals surface area contributed by atoms with E-state index in [4.69, 9.17) is 5.73 Å². The van der Waals surface area contributed by atoms with E-state index in [1.807, 2.05) is 0 Å². The van der Waals surface area contributed by atoms with Gasteiger partial charge in [-0.05, 0) is 18.6 Å². The van der Waals surface area contributed by atoms with Crippen LogP contribution in [-0.4, -0.2) is 23.3 Å². The maximum atomic E-state index is 11.4. The molecule has 0 aliphatic rings. The maximum Gasteiger partial charge on any atom is 0.252 e. The fourth-order valence-electron chi connectivity index (χ4n) is 0.991. The van der Waals surface area contributed by atoms with Crippen molar-refractivity contribution in [3.8, 4) is 0 Å². The van der Waals surface area contributed by atoms with E-state index >= 15 is 0 Å². The summed E-state index contributed by atoms with van der Waals surface area (Å²) in [6.07, 6.45) is 3.10. The molecule has 0 radical (unpaired) electrons. The average Bonchev–Trinajstić information content (AvgIpc) is 2.15. The molecule has 0 bridgehead atoms. The minimum atomic E-state index is -0.565. The van der Waals surface area contributed by atoms with E-state index in [2.05, 4.69) is 10.3 Å². The minimum absolute atomic E-state index is 0.152. The zero-order chi connectivity index (χ0) is 10.6. The van der Waals surface area contributed by atoms with Crippen LogP contribution in [0.2, 0.25) is 0 Å². The SMILES string of the molecule is Cc1cnccc1C(=O)NCC(N)=O. The van der Waals surface area contributed by atoms with Crippen LogP contribution in [0.1, 0.15) is 15.9 Å². The van der Waals surface area contributed by atoms with E-state index in [-0.39, 0.29) is 12.5 Å². The van der Waals surface area contributed by atoms with Crippen LogP contribution in [0.5, 0.6) is 0 Å². The van der Waals surface area contributed by atoms with Gasteiger partial charge >= 0.3 is 0 Å². The number of nitrogens with zero attached hydrogens (tertiary/aromatic N) is 1. The van der Waals surface area contributed by atoms with Crippen molar-refractivity contribution >= 4 is 11.8 Å². The molecule has 1 aromatic heterocycles. The number of nitrogens with one attached hydrogen (secondary N) is 1. The number of rotatable bonds is 3. The second kappa shape index (κ2) is 4.36. The topological polar surface area (TPSA) is 85.1 Å². The molecule has 0 aliphatic heterocycles. The van der Waals surface area contributed by atoms with Crippen molar-refractivity contribution in [3.63, 3.8) is 0 Å². The third-order valence-corrected chi connectivity index (χ3v) is 1.69. The first-order valence-corrected chi connectivity index (χ1v) is 4.08. The van der Waals surface area contributed by atoms with Gasteiger partial charge in [0.25, 0.3) is 5.91 Å². The van der Waals surface area contributed by atoms with Gasteiger partial charge < -0.3 is 11.1 Å². The summed E-state index contributed by atoms with van der Waals surface area (Å²) in [4.78, 5) is 25.7. The van der Waals surface area contributed by atoms with Crippen LogP contribution in [0, 0.1) is 6.92 Å². The number of hydrogen-bond acceptors (Lipinski definition) is 3. The number of pyridine rings is 1. The zero-order valence-electron chi connectivity index (χ0n) is 7.78. The molecular weight excluding hydrogens is 182 g/mol. The van der Waals surface area contributed by atoms with Crippen molar-refractivity contribution in [3.05, 3.63) is 29.6 Å². The van der Waals surface area contributed by atoms with Crippen LogP contribution in [-0.2, 0) is 4.79 Å². The standard InChI is InChI=1S/C9H11N3O2/c1-6-4-11-3-2-7(6)9(14)12-5-8(10)13/h2-4H,5H2,1H3,(H2,10,13)(H,12,14). The van der Waals surface area contributed by atoms with Gasteiger partial charge in [0.2, 0.25) is 5.91 Å². The second-order valence-corrected chi connectivity index (χ2v) is 2.84. The van der Waals surface area contributed by atoms with Crippen LogP contribution in [0.4, 0.5) is 0 Å². The van der Waals surface area contributed by atoms with Gasteiger partial charge in [0.05, 0.1) is 6.54 Å². The number of carbonyl (C=O) groups excluding carboxylic acids is 2. The predicted molar refractivity (Wildman–Crippen MR) is 50.5 cm³/mol. The first kappa shape index (κ1) is 10.2. The quantitative estimate of drug-likeness (QED) is 0.685. The van der Waals surface area contributed by atoms with Crippen molar-refractivity contribution in [2.24, 2.45) is 5.73 Å². The van der Waals surface area contributed by atoms with Crippen molar-refractivity contribution in [1.29, 1.82) is 0 Å². The maximum absolute atomic E-state index is 11.4. The summed E-state index contributed by atoms with van der Waals surface area (Å²) < 4.78 is 0. The van der Waals surface area contributed by atoms with E-state index in [0.717, 1.165) is 5.56 Å². The fraction of sp³-hybridized carbons (Fsp3) is 0.222. The summed E-state index contributed by atoms with van der Waals surface area (Å²) in [5.41, 5.74) is 6.15. The highest BCUT2D eigenvalue weighted by Crippen LogP contribution is 2.03. The van der Waals surface area contributed by atoms with Gasteiger partial charge in [-0.2, -0.15) is 0 Å². The van der Waals surface area contributed by atoms with E-state index in [1.54, 1.807) is 19.2 Å². The Hall–Kier alpha value is -1.91. The molecule has 0 aromatic carbocycles. The third kappa shape index (κ3) is 2.55. The molecule has 1 rings (SSSR count). The van der Waals surface area contributed by atoms with Gasteiger partial charge in [-0.3, -0.25) is 14.6 Å². The molecule has 0 saturated carbocycles. The van der Waals surface area contributed by atoms with Gasteiger partial charge in [-0.1, -0.05) is 0 Å². The number of primary amides is 1. The van der Waals surface area contributed by atoms with E-state index in [9.17, 15) is 9.59 Å². The second-order valence-electron chi connectivity index (χ2n) is 2.84. The number of hydrogen-bond donors (Lipinski definition) is 2. The Morgan fingerprint density at radius 2 is 2.29 bits per heavy atom. The van der Waals surface area contributed by atoms with Crippen LogP contribution in [0.25, 0.3) is 0 Å². The summed E-state index contributed by atoms with van der Waals surface area (Å²) in [6, 6.07) is 1.59. The third-order valence-electron chi connectivity index (χ3n) is 1.69. The Morgan fingerprint density at radius 1 is 1.57 bits per heavy atom. The van der Waals surface area contributed by atoms with E-state index < -0.39 is 5.91 Å². The lowest BCUT2D eigenvalue weighted by molar-refractivity contribution is -0.117. The highest BCUT2D eigenvalue weighted by molar-refractivity contribution is 5.97. The van der Waals surface area contributed by atoms with Crippen molar-refractivity contribution in [2.45, 2.75) is 6.92 Å². The lowest BCUT2D eigenvalue weighted by Crippen LogP contribution is -2.33. The van der Waals surface area contributed by atoms with Gasteiger partial charge in [0, 0.05) is 18.0 Å². The largest absolute Gasteiger partial charge is 0.368 e. The summed E-state index contributed by atoms with van der Waals surface area (Å²) in [6.45, 7) is 1.62. The molecule has 0 spiro atoms. The highest BCUT2D eigenvalue weighted by Gasteiger charge is 2.08. The van der Waals surface area contributed by atoms with Gasteiger partial charge in [-0.25, -0.2) is 0 Å². The molecule has 2 amide bonds. The molecule has 1 aromatic rings. The monoisotopic (exact) mass is 193 g/mol. The molecule has 3 N–H and O–H groups in total. The first-order valence-electron chi connectivity index (χ1n) is 4.08. The predicted octanol–water partition coefficient (Wildman–Crippen LogP) is -0.395. The van der Waals surface area contributed by atoms with E-state index in [0.29, 0.717) is 5.56 Å². The summed E-state index contributed by atoms with van der Waals surface area (Å²) in [5.74, 6) is -0.881. The molecule has 5 nitrogen and oxygen atoms in total. The highest BCUT2D eigenvalue weighted by atomic mass is 16.2. The number of aryl methyl sites for hydroxylation is 1. The van der Waals surface area contributed by atoms with Crippen LogP contribution < -0.4 is 11.1 Å². The van der Waals surface area contributed by atoms with Crippen molar-refractivity contribution in [2.75, 3.05) is 6.54 Å². The minimum Gasteiger partial charge on any atom is -0.368 e. The molecule has 14 heavy (non-hydrogen) atoms. The molecule has 74 valence electrons. The fourth-order valence-corrected chi connectivity index (χ4v) is 0.991. The van der Waals surface area contributed by atoms with Gasteiger partial charge in [-0.15, -0.1) is 0 Å². The first-order chi connectivity index (χ1) is 6.61. The Balaban J connectivity index is 2.70. The molecule has 1 heterocycles. The Bertz CT molecular complexity index is 363. The molecule has 0 fully saturated rings. The Labute approximate surface area is 81.3 Å². The number of aromatic nitrogens is 1. The number of amides is 2. The van der Waals surface area contributed by atoms with Crippen LogP contribution in [0.3, 0.4) is 0 Å². The molecule has 0 aliphatic carbocycles. The Kier molecular flexibility index (Phi) is 3.17. The number of carbonyl (C=O) groups is 2. The summed E-state index contributed by atoms with van der Waals surface area (Å²) in [5, 5.41) is 2.40. The molecule has 5 heteroatoms. The van der Waals surface area contributed by atoms with Gasteiger partial charge in [0.15, 0.2) is 0 Å². The van der Waals surface area contributed by atoms with Gasteiger partial charge in [0.1, 0.15) is 0 Å². The van der Waals surface area contributed by atoms with Crippen LogP contribution >= 0.6 is 0 Å². The Morgan fingerprint density at radius 3 is 2.86 bits per heavy atom. The lowest BCUT2D eigenvalue weighted by Gasteiger charge is -2.04. The molecular formula is C9H11N3O2. The normalized spacial score (nSPS) is 9.50. The van der Waals surface area contributed by atoms with Crippen LogP contribution in [0.15, 0.2) is 18.5 Å². The lowest BCUT2D eigenvalue weighted by atomic mass is 10.1. The smallest absolute Gasteiger partial charge is 0.252 e. The van der Waals surface area contributed by atoms with Crippen molar-refractivity contribution < 1.29 is 9.59 Å². The molecule has 0 saturated heterocycles. The van der Waals surface area contributed by atoms with Crippen molar-refractivity contribution in [1.82, 2.24) is 10.3 Å². The zero-order valence-corrected chi connectivity index (χ0v) is 7.78. The summed E-state index contributed by atoms with van der Waals surface area (Å²) >= 11 is 0. The molecule has 0 unspecified atom stereocenters. The number of nitrogens with two attached hydrogens (primary N) is 1. The molecule has 0 atom stereocenters. The van der Waals surface area contributed by atoms with E-state index in [1.165, 1.54) is 6.20 Å².